The second kappa shape index (κ2) is 10.2. The smallest absolute Gasteiger partial charge is 0.322 e. The van der Waals surface area contributed by atoms with Crippen LogP contribution in [0.1, 0.15) is 28.6 Å². The van der Waals surface area contributed by atoms with Crippen LogP contribution >= 0.6 is 0 Å². The highest BCUT2D eigenvalue weighted by atomic mass is 16.5. The van der Waals surface area contributed by atoms with Crippen molar-refractivity contribution in [1.29, 1.82) is 0 Å². The minimum Gasteiger partial charge on any atom is -0.497 e. The molecule has 1 atom stereocenters. The summed E-state index contributed by atoms with van der Waals surface area (Å²) in [4.78, 5) is 17.5. The number of hydrogen-bond acceptors (Lipinski definition) is 4. The fraction of sp³-hybridized carbons (Fsp3) is 0.458. The zero-order chi connectivity index (χ0) is 21.5. The van der Waals surface area contributed by atoms with Gasteiger partial charge in [-0.3, -0.25) is 0 Å². The van der Waals surface area contributed by atoms with Crippen LogP contribution in [0.4, 0.5) is 16.2 Å². The lowest BCUT2D eigenvalue weighted by Gasteiger charge is -2.35. The highest BCUT2D eigenvalue weighted by Gasteiger charge is 2.31. The van der Waals surface area contributed by atoms with Gasteiger partial charge in [-0.15, -0.1) is 0 Å². The predicted molar refractivity (Wildman–Crippen MR) is 124 cm³/mol. The Morgan fingerprint density at radius 3 is 2.37 bits per heavy atom. The Morgan fingerprint density at radius 1 is 1.10 bits per heavy atom. The van der Waals surface area contributed by atoms with Gasteiger partial charge in [0.25, 0.3) is 0 Å². The van der Waals surface area contributed by atoms with Crippen molar-refractivity contribution in [2.75, 3.05) is 43.6 Å². The molecule has 0 radical (unpaired) electrons. The molecule has 0 bridgehead atoms. The van der Waals surface area contributed by atoms with E-state index in [4.69, 9.17) is 9.47 Å². The first-order chi connectivity index (χ1) is 14.5. The molecule has 2 amide bonds. The van der Waals surface area contributed by atoms with E-state index < -0.39 is 0 Å². The maximum absolute atomic E-state index is 13.1. The molecule has 3 rings (SSSR count). The van der Waals surface area contributed by atoms with E-state index in [2.05, 4.69) is 36.2 Å². The number of methoxy groups -OCH3 is 1. The lowest BCUT2D eigenvalue weighted by Crippen LogP contribution is -2.49. The summed E-state index contributed by atoms with van der Waals surface area (Å²) in [5.41, 5.74) is 1.94. The van der Waals surface area contributed by atoms with Gasteiger partial charge in [0.2, 0.25) is 0 Å². The van der Waals surface area contributed by atoms with E-state index in [1.54, 1.807) is 7.11 Å². The minimum atomic E-state index is -0.0487. The first-order valence-corrected chi connectivity index (χ1v) is 10.7. The Bertz CT molecular complexity index is 812. The molecule has 0 aliphatic carbocycles. The van der Waals surface area contributed by atoms with E-state index in [9.17, 15) is 4.79 Å². The summed E-state index contributed by atoms with van der Waals surface area (Å²) in [5, 5.41) is 3.05. The van der Waals surface area contributed by atoms with Gasteiger partial charge in [-0.2, -0.15) is 0 Å². The van der Waals surface area contributed by atoms with Gasteiger partial charge in [0.05, 0.1) is 19.8 Å². The van der Waals surface area contributed by atoms with E-state index in [1.807, 2.05) is 48.2 Å². The second-order valence-electron chi connectivity index (χ2n) is 7.89. The maximum Gasteiger partial charge on any atom is 0.322 e. The molecule has 1 heterocycles. The number of carbonyl (C=O) groups is 1. The van der Waals surface area contributed by atoms with Gasteiger partial charge in [0.15, 0.2) is 0 Å². The summed E-state index contributed by atoms with van der Waals surface area (Å²) in [6, 6.07) is 15.8. The maximum atomic E-state index is 13.1. The summed E-state index contributed by atoms with van der Waals surface area (Å²) in [6.07, 6.45) is 0.923. The number of anilines is 2. The molecule has 1 unspecified atom stereocenters. The molecule has 1 aliphatic heterocycles. The van der Waals surface area contributed by atoms with Crippen molar-refractivity contribution < 1.29 is 15.7 Å². The first kappa shape index (κ1) is 21.8. The molecule has 164 valence electrons. The number of urea groups is 1. The van der Waals surface area contributed by atoms with E-state index in [1.165, 1.54) is 5.69 Å². The van der Waals surface area contributed by atoms with Crippen molar-refractivity contribution in [1.82, 2.24) is 4.90 Å². The quantitative estimate of drug-likeness (QED) is 0.715. The molecule has 6 nitrogen and oxygen atoms in total. The molecular formula is C24H35N3O3. The topological polar surface area (TPSA) is 54.0 Å². The SMILES string of the molecule is CCOc1ccc(N2CCCN(C(=O)Nc3ccc(OC)cc3)C(C(C)C)C2)cc1.[HH]. The fourth-order valence-corrected chi connectivity index (χ4v) is 3.86. The van der Waals surface area contributed by atoms with Crippen molar-refractivity contribution in [3.8, 4) is 11.5 Å². The van der Waals surface area contributed by atoms with Crippen molar-refractivity contribution in [2.45, 2.75) is 33.2 Å². The summed E-state index contributed by atoms with van der Waals surface area (Å²) in [6.45, 7) is 9.47. The third kappa shape index (κ3) is 5.38. The van der Waals surface area contributed by atoms with Gasteiger partial charge in [-0.05, 0) is 67.8 Å². The normalized spacial score (nSPS) is 16.9. The number of ether oxygens (including phenoxy) is 2. The molecule has 0 saturated carbocycles. The predicted octanol–water partition coefficient (Wildman–Crippen LogP) is 5.11. The molecule has 1 saturated heterocycles. The molecule has 30 heavy (non-hydrogen) atoms. The first-order valence-electron chi connectivity index (χ1n) is 10.7. The Labute approximate surface area is 181 Å². The third-order valence-corrected chi connectivity index (χ3v) is 5.52. The van der Waals surface area contributed by atoms with Gasteiger partial charge < -0.3 is 24.6 Å². The molecule has 0 aromatic heterocycles. The lowest BCUT2D eigenvalue weighted by molar-refractivity contribution is 0.175. The van der Waals surface area contributed by atoms with E-state index >= 15 is 0 Å². The standard InChI is InChI=1S/C24H33N3O3.H2/c1-5-30-22-13-9-20(10-14-22)26-15-6-16-27(23(17-26)18(2)3)24(28)25-19-7-11-21(29-4)12-8-19;/h7-14,18,23H,5-6,15-17H2,1-4H3,(H,25,28);1H. The number of hydrogen-bond donors (Lipinski definition) is 1. The molecule has 6 heteroatoms. The fourth-order valence-electron chi connectivity index (χ4n) is 3.86. The van der Waals surface area contributed by atoms with Gasteiger partial charge >= 0.3 is 6.03 Å². The number of amides is 2. The molecular weight excluding hydrogens is 378 g/mol. The molecule has 1 fully saturated rings. The van der Waals surface area contributed by atoms with Gasteiger partial charge in [0, 0.05) is 32.4 Å². The zero-order valence-electron chi connectivity index (χ0n) is 18.4. The lowest BCUT2D eigenvalue weighted by atomic mass is 10.0. The Hall–Kier alpha value is -2.89. The van der Waals surface area contributed by atoms with Gasteiger partial charge in [0.1, 0.15) is 11.5 Å². The van der Waals surface area contributed by atoms with Crippen LogP contribution in [0.5, 0.6) is 11.5 Å². The monoisotopic (exact) mass is 413 g/mol. The number of nitrogens with zero attached hydrogens (tertiary/aromatic N) is 2. The third-order valence-electron chi connectivity index (χ3n) is 5.52. The number of benzene rings is 2. The Morgan fingerprint density at radius 2 is 1.77 bits per heavy atom. The van der Waals surface area contributed by atoms with Crippen LogP contribution in [0.3, 0.4) is 0 Å². The van der Waals surface area contributed by atoms with E-state index in [0.29, 0.717) is 12.5 Å². The van der Waals surface area contributed by atoms with Crippen LogP contribution in [-0.2, 0) is 0 Å². The van der Waals surface area contributed by atoms with Crippen molar-refractivity contribution in [3.63, 3.8) is 0 Å². The van der Waals surface area contributed by atoms with Crippen LogP contribution < -0.4 is 19.7 Å². The molecule has 1 N–H and O–H groups in total. The minimum absolute atomic E-state index is 0. The van der Waals surface area contributed by atoms with Crippen LogP contribution in [0.2, 0.25) is 0 Å². The highest BCUT2D eigenvalue weighted by Crippen LogP contribution is 2.25. The van der Waals surface area contributed by atoms with Crippen LogP contribution in [0, 0.1) is 5.92 Å². The van der Waals surface area contributed by atoms with Gasteiger partial charge in [-0.1, -0.05) is 13.8 Å². The second-order valence-corrected chi connectivity index (χ2v) is 7.89. The Kier molecular flexibility index (Phi) is 7.44. The molecule has 0 spiro atoms. The largest absolute Gasteiger partial charge is 0.497 e. The Balaban J connectivity index is 0.00000341. The van der Waals surface area contributed by atoms with Crippen LogP contribution in [0.15, 0.2) is 48.5 Å². The van der Waals surface area contributed by atoms with Crippen molar-refractivity contribution in [2.24, 2.45) is 5.92 Å². The number of rotatable bonds is 6. The van der Waals surface area contributed by atoms with Crippen LogP contribution in [-0.4, -0.2) is 50.3 Å². The van der Waals surface area contributed by atoms with Crippen molar-refractivity contribution >= 4 is 17.4 Å². The zero-order valence-corrected chi connectivity index (χ0v) is 18.4. The molecule has 1 aliphatic rings. The summed E-state index contributed by atoms with van der Waals surface area (Å²) in [5.74, 6) is 2.00. The average Bonchev–Trinajstić information content (AvgIpc) is 2.98. The van der Waals surface area contributed by atoms with E-state index in [0.717, 1.165) is 43.2 Å². The average molecular weight is 414 g/mol. The molecule has 2 aromatic rings. The highest BCUT2D eigenvalue weighted by molar-refractivity contribution is 5.89. The van der Waals surface area contributed by atoms with Gasteiger partial charge in [-0.25, -0.2) is 4.79 Å². The van der Waals surface area contributed by atoms with E-state index in [-0.39, 0.29) is 13.5 Å². The summed E-state index contributed by atoms with van der Waals surface area (Å²) >= 11 is 0. The summed E-state index contributed by atoms with van der Waals surface area (Å²) < 4.78 is 10.8. The molecule has 2 aromatic carbocycles. The van der Waals surface area contributed by atoms with Crippen molar-refractivity contribution in [3.05, 3.63) is 48.5 Å². The summed E-state index contributed by atoms with van der Waals surface area (Å²) in [7, 11) is 1.63. The number of nitrogens with one attached hydrogen (secondary N) is 1. The van der Waals surface area contributed by atoms with Crippen LogP contribution in [0.25, 0.3) is 0 Å². The number of carbonyl (C=O) groups excluding carboxylic acids is 1.